The van der Waals surface area contributed by atoms with Crippen molar-refractivity contribution in [2.24, 2.45) is 0 Å². The molecule has 0 bridgehead atoms. The normalized spacial score (nSPS) is 14.6. The fourth-order valence-electron chi connectivity index (χ4n) is 0.339. The largest absolute Gasteiger partial charge is 0.424 e. The minimum Gasteiger partial charge on any atom is -0.424 e. The van der Waals surface area contributed by atoms with Gasteiger partial charge in [-0.1, -0.05) is 6.92 Å². The maximum atomic E-state index is 5.47. The molecule has 0 aromatic heterocycles. The van der Waals surface area contributed by atoms with Crippen molar-refractivity contribution in [1.82, 2.24) is 0 Å². The molecule has 0 rings (SSSR count). The van der Waals surface area contributed by atoms with Crippen molar-refractivity contribution in [1.29, 1.82) is 0 Å². The Morgan fingerprint density at radius 3 is 2.43 bits per heavy atom. The molecule has 0 radical (unpaired) electrons. The first-order valence-electron chi connectivity index (χ1n) is 2.43. The number of hydrogen-bond donors (Lipinski definition) is 0. The van der Waals surface area contributed by atoms with Crippen LogP contribution in [0.3, 0.4) is 0 Å². The molecule has 7 heavy (non-hydrogen) atoms. The zero-order chi connectivity index (χ0) is 5.70. The van der Waals surface area contributed by atoms with Crippen LogP contribution in [0, 0.1) is 0 Å². The van der Waals surface area contributed by atoms with Gasteiger partial charge in [-0.2, -0.15) is 0 Å². The Kier molecular flexibility index (Phi) is 4.93. The summed E-state index contributed by atoms with van der Waals surface area (Å²) in [6, 6.07) is 0. The van der Waals surface area contributed by atoms with Gasteiger partial charge in [0.2, 0.25) is 0 Å². The first-order valence-corrected chi connectivity index (χ1v) is 3.79. The van der Waals surface area contributed by atoms with Crippen molar-refractivity contribution in [3.63, 3.8) is 0 Å². The molecule has 0 aliphatic heterocycles. The Labute approximate surface area is 52.5 Å². The molecule has 0 spiro atoms. The zero-order valence-electron chi connectivity index (χ0n) is 4.78. The SMILES string of the molecule is CCC(CCl)O[SiH3]. The van der Waals surface area contributed by atoms with Crippen molar-refractivity contribution in [2.75, 3.05) is 5.88 Å². The molecule has 0 aliphatic rings. The minimum absolute atomic E-state index is 0.313. The lowest BCUT2D eigenvalue weighted by molar-refractivity contribution is 0.243. The first-order chi connectivity index (χ1) is 3.35. The minimum atomic E-state index is 0.313. The summed E-state index contributed by atoms with van der Waals surface area (Å²) in [5.74, 6) is 0.639. The standard InChI is InChI=1S/C4H11ClOSi/c1-2-4(3-5)6-7/h4H,2-3H2,1,7H3. The van der Waals surface area contributed by atoms with E-state index >= 15 is 0 Å². The zero-order valence-corrected chi connectivity index (χ0v) is 7.53. The molecule has 0 heterocycles. The van der Waals surface area contributed by atoms with Crippen molar-refractivity contribution < 1.29 is 4.43 Å². The lowest BCUT2D eigenvalue weighted by Crippen LogP contribution is -2.10. The number of alkyl halides is 1. The molecule has 0 aromatic carbocycles. The highest BCUT2D eigenvalue weighted by Crippen LogP contribution is 1.96. The lowest BCUT2D eigenvalue weighted by Gasteiger charge is -2.06. The summed E-state index contributed by atoms with van der Waals surface area (Å²) in [6.07, 6.45) is 1.35. The summed E-state index contributed by atoms with van der Waals surface area (Å²) in [7, 11) is 0.807. The lowest BCUT2D eigenvalue weighted by atomic mass is 10.3. The van der Waals surface area contributed by atoms with Crippen LogP contribution in [0.5, 0.6) is 0 Å². The van der Waals surface area contributed by atoms with Crippen LogP contribution in [-0.2, 0) is 4.43 Å². The van der Waals surface area contributed by atoms with Gasteiger partial charge >= 0.3 is 0 Å². The van der Waals surface area contributed by atoms with E-state index in [1.54, 1.807) is 0 Å². The van der Waals surface area contributed by atoms with Gasteiger partial charge in [0, 0.05) is 5.88 Å². The predicted octanol–water partition coefficient (Wildman–Crippen LogP) is 0.301. The number of halogens is 1. The molecule has 0 aromatic rings. The van der Waals surface area contributed by atoms with Gasteiger partial charge in [0.1, 0.15) is 10.5 Å². The molecule has 0 amide bonds. The van der Waals surface area contributed by atoms with Crippen LogP contribution in [0.4, 0.5) is 0 Å². The third-order valence-corrected chi connectivity index (χ3v) is 1.97. The van der Waals surface area contributed by atoms with Crippen molar-refractivity contribution >= 4 is 22.1 Å². The van der Waals surface area contributed by atoms with Gasteiger partial charge in [0.15, 0.2) is 0 Å². The van der Waals surface area contributed by atoms with Crippen LogP contribution >= 0.6 is 11.6 Å². The van der Waals surface area contributed by atoms with Gasteiger partial charge in [-0.25, -0.2) is 0 Å². The second-order valence-electron chi connectivity index (χ2n) is 1.42. The van der Waals surface area contributed by atoms with Crippen LogP contribution in [0.25, 0.3) is 0 Å². The molecule has 0 saturated carbocycles. The first kappa shape index (κ1) is 7.47. The monoisotopic (exact) mass is 138 g/mol. The van der Waals surface area contributed by atoms with E-state index in [0.29, 0.717) is 12.0 Å². The maximum Gasteiger partial charge on any atom is 0.146 e. The summed E-state index contributed by atoms with van der Waals surface area (Å²) < 4.78 is 5.06. The molecule has 1 nitrogen and oxygen atoms in total. The summed E-state index contributed by atoms with van der Waals surface area (Å²) in [6.45, 7) is 2.07. The summed E-state index contributed by atoms with van der Waals surface area (Å²) >= 11 is 5.47. The average molecular weight is 139 g/mol. The van der Waals surface area contributed by atoms with E-state index in [2.05, 4.69) is 6.92 Å². The molecule has 3 heteroatoms. The van der Waals surface area contributed by atoms with Crippen LogP contribution in [0.1, 0.15) is 13.3 Å². The Morgan fingerprint density at radius 2 is 2.43 bits per heavy atom. The van der Waals surface area contributed by atoms with E-state index in [9.17, 15) is 0 Å². The molecule has 0 N–H and O–H groups in total. The Bertz CT molecular complexity index is 33.2. The highest BCUT2D eigenvalue weighted by atomic mass is 35.5. The van der Waals surface area contributed by atoms with Gasteiger partial charge < -0.3 is 4.43 Å². The highest BCUT2D eigenvalue weighted by Gasteiger charge is 1.97. The van der Waals surface area contributed by atoms with E-state index in [1.807, 2.05) is 0 Å². The predicted molar refractivity (Wildman–Crippen MR) is 35.8 cm³/mol. The summed E-state index contributed by atoms with van der Waals surface area (Å²) in [4.78, 5) is 0. The Hall–Kier alpha value is 0.467. The number of hydrogen-bond acceptors (Lipinski definition) is 1. The molecule has 0 fully saturated rings. The highest BCUT2D eigenvalue weighted by molar-refractivity contribution is 6.18. The van der Waals surface area contributed by atoms with Crippen molar-refractivity contribution in [3.05, 3.63) is 0 Å². The molecule has 1 unspecified atom stereocenters. The third-order valence-electron chi connectivity index (χ3n) is 0.961. The molecular formula is C4H11ClOSi. The Balaban J connectivity index is 2.99. The quantitative estimate of drug-likeness (QED) is 0.403. The van der Waals surface area contributed by atoms with E-state index in [1.165, 1.54) is 0 Å². The van der Waals surface area contributed by atoms with Crippen LogP contribution in [0.15, 0.2) is 0 Å². The summed E-state index contributed by atoms with van der Waals surface area (Å²) in [5.41, 5.74) is 0. The van der Waals surface area contributed by atoms with Crippen LogP contribution in [0.2, 0.25) is 0 Å². The van der Waals surface area contributed by atoms with Crippen molar-refractivity contribution in [2.45, 2.75) is 19.4 Å². The van der Waals surface area contributed by atoms with Gasteiger partial charge in [-0.15, -0.1) is 11.6 Å². The third kappa shape index (κ3) is 3.09. The molecule has 1 atom stereocenters. The molecule has 0 saturated heterocycles. The van der Waals surface area contributed by atoms with Gasteiger partial charge in [-0.05, 0) is 6.42 Å². The maximum absolute atomic E-state index is 5.47. The molecule has 0 aliphatic carbocycles. The molecular weight excluding hydrogens is 128 g/mol. The fourth-order valence-corrected chi connectivity index (χ4v) is 1.39. The molecule has 44 valence electrons. The van der Waals surface area contributed by atoms with Crippen LogP contribution in [-0.4, -0.2) is 22.5 Å². The van der Waals surface area contributed by atoms with E-state index in [-0.39, 0.29) is 0 Å². The number of rotatable bonds is 3. The average Bonchev–Trinajstić information content (AvgIpc) is 1.72. The Morgan fingerprint density at radius 1 is 1.86 bits per heavy atom. The smallest absolute Gasteiger partial charge is 0.146 e. The van der Waals surface area contributed by atoms with Gasteiger partial charge in [-0.3, -0.25) is 0 Å². The summed E-state index contributed by atoms with van der Waals surface area (Å²) in [5, 5.41) is 0. The van der Waals surface area contributed by atoms with Gasteiger partial charge in [0.05, 0.1) is 6.10 Å². The van der Waals surface area contributed by atoms with Crippen molar-refractivity contribution in [3.8, 4) is 0 Å². The topological polar surface area (TPSA) is 9.23 Å². The van der Waals surface area contributed by atoms with E-state index in [0.717, 1.165) is 16.9 Å². The second kappa shape index (κ2) is 4.62. The van der Waals surface area contributed by atoms with Gasteiger partial charge in [0.25, 0.3) is 0 Å². The van der Waals surface area contributed by atoms with E-state index < -0.39 is 0 Å². The van der Waals surface area contributed by atoms with Crippen LogP contribution < -0.4 is 0 Å². The van der Waals surface area contributed by atoms with E-state index in [4.69, 9.17) is 16.0 Å². The fraction of sp³-hybridized carbons (Fsp3) is 1.00. The second-order valence-corrected chi connectivity index (χ2v) is 2.20.